The molecule has 3 heterocycles. The van der Waals surface area contributed by atoms with Crippen molar-refractivity contribution < 1.29 is 19.0 Å². The summed E-state index contributed by atoms with van der Waals surface area (Å²) >= 11 is 1.75. The number of benzene rings is 1. The number of halogens is 1. The van der Waals surface area contributed by atoms with Gasteiger partial charge in [-0.15, -0.1) is 11.3 Å². The highest BCUT2D eigenvalue weighted by Crippen LogP contribution is 2.44. The third-order valence-electron chi connectivity index (χ3n) is 5.20. The number of rotatable bonds is 2. The number of phenolic OH excluding ortho intramolecular Hbond substituents is 1. The SMILES string of the molecule is O=C(Cc1ccc(O)c(F)c1)N1CCC2(CC1)OCCc1ccsc12. The van der Waals surface area contributed by atoms with Crippen LogP contribution in [0.1, 0.15) is 28.8 Å². The maximum atomic E-state index is 13.4. The molecule has 1 aromatic heterocycles. The Hall–Kier alpha value is -1.92. The van der Waals surface area contributed by atoms with Crippen LogP contribution >= 0.6 is 11.3 Å². The van der Waals surface area contributed by atoms with Gasteiger partial charge >= 0.3 is 0 Å². The Balaban J connectivity index is 1.42. The van der Waals surface area contributed by atoms with E-state index >= 15 is 0 Å². The van der Waals surface area contributed by atoms with Crippen molar-refractivity contribution in [3.63, 3.8) is 0 Å². The van der Waals surface area contributed by atoms with Crippen LogP contribution in [0.5, 0.6) is 5.75 Å². The van der Waals surface area contributed by atoms with Gasteiger partial charge in [0.1, 0.15) is 5.60 Å². The fourth-order valence-electron chi connectivity index (χ4n) is 3.79. The summed E-state index contributed by atoms with van der Waals surface area (Å²) in [6.07, 6.45) is 2.72. The molecule has 1 spiro atoms. The van der Waals surface area contributed by atoms with Crippen molar-refractivity contribution in [1.29, 1.82) is 0 Å². The van der Waals surface area contributed by atoms with E-state index in [-0.39, 0.29) is 17.9 Å². The smallest absolute Gasteiger partial charge is 0.226 e. The van der Waals surface area contributed by atoms with Gasteiger partial charge in [-0.2, -0.15) is 0 Å². The van der Waals surface area contributed by atoms with Gasteiger partial charge in [-0.25, -0.2) is 4.39 Å². The lowest BCUT2D eigenvalue weighted by molar-refractivity contribution is -0.139. The number of amides is 1. The summed E-state index contributed by atoms with van der Waals surface area (Å²) in [5.41, 5.74) is 1.73. The van der Waals surface area contributed by atoms with Crippen LogP contribution < -0.4 is 0 Å². The summed E-state index contributed by atoms with van der Waals surface area (Å²) in [5, 5.41) is 11.4. The molecule has 0 saturated carbocycles. The van der Waals surface area contributed by atoms with E-state index < -0.39 is 11.6 Å². The summed E-state index contributed by atoms with van der Waals surface area (Å²) in [4.78, 5) is 15.7. The van der Waals surface area contributed by atoms with Gasteiger partial charge in [-0.3, -0.25) is 4.79 Å². The number of carbonyl (C=O) groups is 1. The number of phenols is 1. The molecule has 132 valence electrons. The number of aromatic hydroxyl groups is 1. The van der Waals surface area contributed by atoms with Crippen molar-refractivity contribution in [2.75, 3.05) is 19.7 Å². The molecule has 1 amide bonds. The third-order valence-corrected chi connectivity index (χ3v) is 6.34. The molecule has 0 radical (unpaired) electrons. The van der Waals surface area contributed by atoms with Crippen molar-refractivity contribution in [3.05, 3.63) is 51.5 Å². The summed E-state index contributed by atoms with van der Waals surface area (Å²) < 4.78 is 19.6. The first kappa shape index (κ1) is 16.5. The van der Waals surface area contributed by atoms with Crippen LogP contribution in [0.15, 0.2) is 29.6 Å². The molecule has 0 unspecified atom stereocenters. The number of fused-ring (bicyclic) bond motifs is 2. The normalized spacial score (nSPS) is 19.0. The maximum Gasteiger partial charge on any atom is 0.226 e. The van der Waals surface area contributed by atoms with E-state index in [9.17, 15) is 14.3 Å². The van der Waals surface area contributed by atoms with Crippen LogP contribution in [0, 0.1) is 5.82 Å². The van der Waals surface area contributed by atoms with Crippen LogP contribution in [0.3, 0.4) is 0 Å². The highest BCUT2D eigenvalue weighted by atomic mass is 32.1. The number of likely N-dealkylation sites (tertiary alicyclic amines) is 1. The van der Waals surface area contributed by atoms with Crippen molar-refractivity contribution in [2.45, 2.75) is 31.3 Å². The molecule has 4 nitrogen and oxygen atoms in total. The molecule has 1 N–H and O–H groups in total. The minimum Gasteiger partial charge on any atom is -0.505 e. The number of thiophene rings is 1. The quantitative estimate of drug-likeness (QED) is 0.893. The third kappa shape index (κ3) is 3.04. The van der Waals surface area contributed by atoms with Gasteiger partial charge in [-0.1, -0.05) is 6.07 Å². The first-order valence-corrected chi connectivity index (χ1v) is 9.41. The van der Waals surface area contributed by atoms with Crippen LogP contribution in [0.2, 0.25) is 0 Å². The summed E-state index contributed by atoms with van der Waals surface area (Å²) in [6, 6.07) is 6.28. The lowest BCUT2D eigenvalue weighted by Crippen LogP contribution is -2.48. The van der Waals surface area contributed by atoms with Gasteiger partial charge in [0.05, 0.1) is 13.0 Å². The fraction of sp³-hybridized carbons (Fsp3) is 0.421. The summed E-state index contributed by atoms with van der Waals surface area (Å²) in [6.45, 7) is 2.04. The molecular formula is C19H20FNO3S. The fourth-order valence-corrected chi connectivity index (χ4v) is 4.96. The zero-order valence-electron chi connectivity index (χ0n) is 13.8. The molecule has 1 aromatic carbocycles. The number of hydrogen-bond donors (Lipinski definition) is 1. The molecule has 4 rings (SSSR count). The summed E-state index contributed by atoms with van der Waals surface area (Å²) in [5.74, 6) is -1.09. The van der Waals surface area contributed by atoms with E-state index in [1.807, 2.05) is 4.90 Å². The second-order valence-corrected chi connectivity index (χ2v) is 7.63. The molecule has 2 aliphatic heterocycles. The average molecular weight is 361 g/mol. The van der Waals surface area contributed by atoms with E-state index in [1.165, 1.54) is 22.6 Å². The van der Waals surface area contributed by atoms with Crippen molar-refractivity contribution in [3.8, 4) is 5.75 Å². The summed E-state index contributed by atoms with van der Waals surface area (Å²) in [7, 11) is 0. The van der Waals surface area contributed by atoms with Crippen molar-refractivity contribution >= 4 is 17.2 Å². The second kappa shape index (κ2) is 6.42. The van der Waals surface area contributed by atoms with Crippen LogP contribution in [-0.2, 0) is 28.0 Å². The zero-order valence-corrected chi connectivity index (χ0v) is 14.7. The highest BCUT2D eigenvalue weighted by Gasteiger charge is 2.42. The Morgan fingerprint density at radius 2 is 2.12 bits per heavy atom. The van der Waals surface area contributed by atoms with Crippen LogP contribution in [0.4, 0.5) is 4.39 Å². The van der Waals surface area contributed by atoms with E-state index in [2.05, 4.69) is 11.4 Å². The van der Waals surface area contributed by atoms with Gasteiger partial charge in [-0.05, 0) is 54.0 Å². The lowest BCUT2D eigenvalue weighted by atomic mass is 9.85. The zero-order chi connectivity index (χ0) is 17.4. The van der Waals surface area contributed by atoms with E-state index in [0.29, 0.717) is 18.7 Å². The number of piperidine rings is 1. The van der Waals surface area contributed by atoms with Crippen LogP contribution in [0.25, 0.3) is 0 Å². The Morgan fingerprint density at radius 1 is 1.32 bits per heavy atom. The number of nitrogens with zero attached hydrogens (tertiary/aromatic N) is 1. The molecule has 1 saturated heterocycles. The number of ether oxygens (including phenoxy) is 1. The van der Waals surface area contributed by atoms with Gasteiger partial charge < -0.3 is 14.7 Å². The molecule has 25 heavy (non-hydrogen) atoms. The minimum atomic E-state index is -0.691. The van der Waals surface area contributed by atoms with E-state index in [1.54, 1.807) is 17.4 Å². The number of hydrogen-bond acceptors (Lipinski definition) is 4. The molecular weight excluding hydrogens is 341 g/mol. The predicted molar refractivity (Wildman–Crippen MR) is 93.2 cm³/mol. The molecule has 6 heteroatoms. The molecule has 2 aromatic rings. The molecule has 0 aliphatic carbocycles. The standard InChI is InChI=1S/C19H20FNO3S/c20-15-11-13(1-2-16(15)22)12-17(23)21-7-5-19(6-8-21)18-14(3-9-24-19)4-10-25-18/h1-2,4,10-11,22H,3,5-9,12H2. The Labute approximate surface area is 149 Å². The lowest BCUT2D eigenvalue weighted by Gasteiger charge is -2.43. The Bertz CT molecular complexity index is 796. The van der Waals surface area contributed by atoms with E-state index in [4.69, 9.17) is 4.74 Å². The molecule has 2 aliphatic rings. The highest BCUT2D eigenvalue weighted by molar-refractivity contribution is 7.10. The van der Waals surface area contributed by atoms with Gasteiger partial charge in [0.2, 0.25) is 5.91 Å². The molecule has 0 bridgehead atoms. The largest absolute Gasteiger partial charge is 0.505 e. The first-order chi connectivity index (χ1) is 12.1. The molecule has 0 atom stereocenters. The van der Waals surface area contributed by atoms with Gasteiger partial charge in [0, 0.05) is 18.0 Å². The maximum absolute atomic E-state index is 13.4. The van der Waals surface area contributed by atoms with Crippen LogP contribution in [-0.4, -0.2) is 35.6 Å². The number of carbonyl (C=O) groups excluding carboxylic acids is 1. The Kier molecular flexibility index (Phi) is 4.25. The second-order valence-electron chi connectivity index (χ2n) is 6.71. The van der Waals surface area contributed by atoms with Crippen molar-refractivity contribution in [2.24, 2.45) is 0 Å². The van der Waals surface area contributed by atoms with Crippen molar-refractivity contribution in [1.82, 2.24) is 4.90 Å². The topological polar surface area (TPSA) is 49.8 Å². The monoisotopic (exact) mass is 361 g/mol. The first-order valence-electron chi connectivity index (χ1n) is 8.53. The van der Waals surface area contributed by atoms with Gasteiger partial charge in [0.25, 0.3) is 0 Å². The van der Waals surface area contributed by atoms with Gasteiger partial charge in [0.15, 0.2) is 11.6 Å². The average Bonchev–Trinajstić information content (AvgIpc) is 3.09. The minimum absolute atomic E-state index is 0.0119. The molecule has 1 fully saturated rings. The predicted octanol–water partition coefficient (Wildman–Crippen LogP) is 3.23. The Morgan fingerprint density at radius 3 is 2.88 bits per heavy atom. The van der Waals surface area contributed by atoms with E-state index in [0.717, 1.165) is 25.9 Å².